The van der Waals surface area contributed by atoms with Crippen LogP contribution in [0.25, 0.3) is 0 Å². The highest BCUT2D eigenvalue weighted by molar-refractivity contribution is 4.85. The Balaban J connectivity index is 4.27. The molecule has 0 fully saturated rings. The third-order valence-electron chi connectivity index (χ3n) is 4.45. The molecule has 0 saturated carbocycles. The fourth-order valence-corrected chi connectivity index (χ4v) is 1.98. The number of aliphatic hydroxyl groups excluding tert-OH is 1. The van der Waals surface area contributed by atoms with Gasteiger partial charge in [-0.25, -0.2) is 0 Å². The van der Waals surface area contributed by atoms with E-state index in [9.17, 15) is 0 Å². The third-order valence-corrected chi connectivity index (χ3v) is 4.45. The zero-order valence-electron chi connectivity index (χ0n) is 12.9. The summed E-state index contributed by atoms with van der Waals surface area (Å²) in [6.07, 6.45) is 2.94. The van der Waals surface area contributed by atoms with Crippen molar-refractivity contribution in [3.63, 3.8) is 0 Å². The molecule has 104 valence electrons. The van der Waals surface area contributed by atoms with E-state index in [4.69, 9.17) is 9.84 Å². The summed E-state index contributed by atoms with van der Waals surface area (Å²) in [5, 5.41) is 8.96. The van der Waals surface area contributed by atoms with Crippen LogP contribution in [0.2, 0.25) is 0 Å². The maximum absolute atomic E-state index is 8.96. The Labute approximate surface area is 108 Å². The second-order valence-electron chi connectivity index (χ2n) is 7.00. The second-order valence-corrected chi connectivity index (χ2v) is 7.00. The van der Waals surface area contributed by atoms with Crippen LogP contribution in [0.3, 0.4) is 0 Å². The highest BCUT2D eigenvalue weighted by Gasteiger charge is 2.35. The first kappa shape index (κ1) is 16.9. The van der Waals surface area contributed by atoms with E-state index < -0.39 is 0 Å². The van der Waals surface area contributed by atoms with Crippen LogP contribution in [-0.2, 0) is 4.74 Å². The molecule has 0 aromatic rings. The van der Waals surface area contributed by atoms with Gasteiger partial charge < -0.3 is 9.84 Å². The summed E-state index contributed by atoms with van der Waals surface area (Å²) in [4.78, 5) is 0. The molecule has 1 N–H and O–H groups in total. The minimum atomic E-state index is -0.207. The minimum absolute atomic E-state index is 0.192. The molecule has 0 aromatic heterocycles. The van der Waals surface area contributed by atoms with Crippen molar-refractivity contribution in [3.8, 4) is 0 Å². The standard InChI is InChI=1S/C15H32O2/c1-8-15(7,13(2,3)4)10-12-17-14(5,6)9-11-16/h16H,8-12H2,1-7H3. The van der Waals surface area contributed by atoms with Gasteiger partial charge in [-0.2, -0.15) is 0 Å². The number of rotatable bonds is 7. The predicted octanol–water partition coefficient (Wildman–Crippen LogP) is 4.02. The maximum Gasteiger partial charge on any atom is 0.0648 e. The van der Waals surface area contributed by atoms with Crippen LogP contribution in [0, 0.1) is 10.8 Å². The molecule has 1 unspecified atom stereocenters. The molecule has 2 nitrogen and oxygen atoms in total. The Hall–Kier alpha value is -0.0800. The normalized spacial score (nSPS) is 16.9. The third kappa shape index (κ3) is 5.39. The van der Waals surface area contributed by atoms with E-state index in [0.717, 1.165) is 13.0 Å². The van der Waals surface area contributed by atoms with Crippen molar-refractivity contribution in [2.75, 3.05) is 13.2 Å². The van der Waals surface area contributed by atoms with Crippen molar-refractivity contribution in [2.45, 2.75) is 73.3 Å². The van der Waals surface area contributed by atoms with Gasteiger partial charge >= 0.3 is 0 Å². The van der Waals surface area contributed by atoms with Gasteiger partial charge in [0.2, 0.25) is 0 Å². The van der Waals surface area contributed by atoms with E-state index in [1.54, 1.807) is 0 Å². The fourth-order valence-electron chi connectivity index (χ4n) is 1.98. The number of hydrogen-bond acceptors (Lipinski definition) is 2. The van der Waals surface area contributed by atoms with Crippen molar-refractivity contribution in [1.82, 2.24) is 0 Å². The lowest BCUT2D eigenvalue weighted by Gasteiger charge is -2.42. The van der Waals surface area contributed by atoms with Crippen LogP contribution in [0.5, 0.6) is 0 Å². The molecule has 0 radical (unpaired) electrons. The molecule has 1 atom stereocenters. The van der Waals surface area contributed by atoms with E-state index >= 15 is 0 Å². The predicted molar refractivity (Wildman–Crippen MR) is 74.2 cm³/mol. The Bertz CT molecular complexity index is 215. The van der Waals surface area contributed by atoms with Crippen LogP contribution in [0.15, 0.2) is 0 Å². The van der Waals surface area contributed by atoms with E-state index in [1.807, 2.05) is 13.8 Å². The first-order valence-corrected chi connectivity index (χ1v) is 6.83. The Morgan fingerprint density at radius 2 is 1.47 bits per heavy atom. The molecule has 0 aliphatic heterocycles. The van der Waals surface area contributed by atoms with Crippen molar-refractivity contribution in [1.29, 1.82) is 0 Å². The summed E-state index contributed by atoms with van der Waals surface area (Å²) in [5.41, 5.74) is 0.399. The SMILES string of the molecule is CCC(C)(CCOC(C)(C)CCO)C(C)(C)C. The topological polar surface area (TPSA) is 29.5 Å². The van der Waals surface area contributed by atoms with Gasteiger partial charge in [-0.15, -0.1) is 0 Å². The van der Waals surface area contributed by atoms with E-state index in [-0.39, 0.29) is 12.2 Å². The van der Waals surface area contributed by atoms with E-state index in [0.29, 0.717) is 17.3 Å². The molecule has 2 heteroatoms. The summed E-state index contributed by atoms with van der Waals surface area (Å²) in [6, 6.07) is 0. The van der Waals surface area contributed by atoms with Crippen molar-refractivity contribution >= 4 is 0 Å². The summed E-state index contributed by atoms with van der Waals surface area (Å²) in [5.74, 6) is 0. The fraction of sp³-hybridized carbons (Fsp3) is 1.00. The quantitative estimate of drug-likeness (QED) is 0.733. The molecule has 0 rings (SSSR count). The molecular weight excluding hydrogens is 212 g/mol. The van der Waals surface area contributed by atoms with Crippen molar-refractivity contribution in [2.24, 2.45) is 10.8 Å². The first-order valence-electron chi connectivity index (χ1n) is 6.83. The van der Waals surface area contributed by atoms with E-state index in [1.165, 1.54) is 6.42 Å². The van der Waals surface area contributed by atoms with Crippen LogP contribution in [-0.4, -0.2) is 23.9 Å². The lowest BCUT2D eigenvalue weighted by Crippen LogP contribution is -2.35. The second kappa shape index (κ2) is 6.19. The number of ether oxygens (including phenoxy) is 1. The molecule has 0 saturated heterocycles. The minimum Gasteiger partial charge on any atom is -0.396 e. The Kier molecular flexibility index (Phi) is 6.16. The van der Waals surface area contributed by atoms with Gasteiger partial charge in [-0.1, -0.05) is 41.0 Å². The largest absolute Gasteiger partial charge is 0.396 e. The molecule has 0 bridgehead atoms. The Morgan fingerprint density at radius 3 is 1.82 bits per heavy atom. The molecule has 0 spiro atoms. The maximum atomic E-state index is 8.96. The Morgan fingerprint density at radius 1 is 0.941 bits per heavy atom. The lowest BCUT2D eigenvalue weighted by molar-refractivity contribution is -0.0558. The van der Waals surface area contributed by atoms with Crippen LogP contribution < -0.4 is 0 Å². The highest BCUT2D eigenvalue weighted by atomic mass is 16.5. The molecule has 0 aliphatic rings. The van der Waals surface area contributed by atoms with E-state index in [2.05, 4.69) is 34.6 Å². The molecule has 17 heavy (non-hydrogen) atoms. The summed E-state index contributed by atoms with van der Waals surface area (Å²) in [7, 11) is 0. The van der Waals surface area contributed by atoms with Gasteiger partial charge in [0.15, 0.2) is 0 Å². The first-order chi connectivity index (χ1) is 7.58. The number of hydrogen-bond donors (Lipinski definition) is 1. The van der Waals surface area contributed by atoms with Crippen molar-refractivity contribution < 1.29 is 9.84 Å². The summed E-state index contributed by atoms with van der Waals surface area (Å²) < 4.78 is 5.90. The van der Waals surface area contributed by atoms with Gasteiger partial charge in [-0.05, 0) is 37.5 Å². The molecular formula is C15H32O2. The summed E-state index contributed by atoms with van der Waals surface area (Å²) in [6.45, 7) is 16.6. The van der Waals surface area contributed by atoms with Crippen LogP contribution in [0.4, 0.5) is 0 Å². The van der Waals surface area contributed by atoms with Gasteiger partial charge in [0.25, 0.3) is 0 Å². The van der Waals surface area contributed by atoms with Gasteiger partial charge in [0.1, 0.15) is 0 Å². The molecule has 0 aliphatic carbocycles. The smallest absolute Gasteiger partial charge is 0.0648 e. The molecule has 0 aromatic carbocycles. The monoisotopic (exact) mass is 244 g/mol. The number of aliphatic hydroxyl groups is 1. The zero-order chi connectivity index (χ0) is 13.7. The average Bonchev–Trinajstić information content (AvgIpc) is 2.15. The zero-order valence-corrected chi connectivity index (χ0v) is 12.9. The highest BCUT2D eigenvalue weighted by Crippen LogP contribution is 2.44. The average molecular weight is 244 g/mol. The summed E-state index contributed by atoms with van der Waals surface area (Å²) >= 11 is 0. The molecule has 0 heterocycles. The van der Waals surface area contributed by atoms with Gasteiger partial charge in [-0.3, -0.25) is 0 Å². The molecule has 0 amide bonds. The van der Waals surface area contributed by atoms with Gasteiger partial charge in [0, 0.05) is 13.2 Å². The van der Waals surface area contributed by atoms with Crippen LogP contribution in [0.1, 0.15) is 67.7 Å². The van der Waals surface area contributed by atoms with Gasteiger partial charge in [0.05, 0.1) is 5.60 Å². The van der Waals surface area contributed by atoms with Crippen molar-refractivity contribution in [3.05, 3.63) is 0 Å². The van der Waals surface area contributed by atoms with Crippen LogP contribution >= 0.6 is 0 Å². The lowest BCUT2D eigenvalue weighted by atomic mass is 9.64.